The normalized spacial score (nSPS) is 17.5. The third-order valence-electron chi connectivity index (χ3n) is 3.15. The highest BCUT2D eigenvalue weighted by atomic mass is 16.3. The molecule has 17 heavy (non-hydrogen) atoms. The molecule has 0 unspecified atom stereocenters. The molecular formula is C12H20N4O. The first-order valence-corrected chi connectivity index (χ1v) is 6.21. The van der Waals surface area contributed by atoms with Crippen LogP contribution in [0.15, 0.2) is 6.07 Å². The summed E-state index contributed by atoms with van der Waals surface area (Å²) in [6.45, 7) is 2.62. The van der Waals surface area contributed by atoms with Crippen LogP contribution in [0.1, 0.15) is 38.4 Å². The van der Waals surface area contributed by atoms with E-state index >= 15 is 0 Å². The molecule has 0 saturated heterocycles. The standard InChI is InChI=1S/C12H20N4O/c1-2-4-10-15-9(13)7-11(16-10)14-8-12(17)5-3-6-12/h7,17H,2-6,8H2,1H3,(H3,13,14,15,16). The van der Waals surface area contributed by atoms with E-state index in [-0.39, 0.29) is 0 Å². The molecule has 0 aliphatic heterocycles. The van der Waals surface area contributed by atoms with E-state index in [0.29, 0.717) is 18.2 Å². The van der Waals surface area contributed by atoms with E-state index in [0.717, 1.165) is 37.9 Å². The number of anilines is 2. The Morgan fingerprint density at radius 2 is 2.24 bits per heavy atom. The summed E-state index contributed by atoms with van der Waals surface area (Å²) in [5.74, 6) is 1.95. The van der Waals surface area contributed by atoms with Gasteiger partial charge in [-0.05, 0) is 25.7 Å². The first-order valence-electron chi connectivity index (χ1n) is 6.21. The minimum atomic E-state index is -0.551. The van der Waals surface area contributed by atoms with Gasteiger partial charge in [0.25, 0.3) is 0 Å². The van der Waals surface area contributed by atoms with Crippen molar-refractivity contribution in [3.05, 3.63) is 11.9 Å². The molecule has 1 aromatic rings. The highest BCUT2D eigenvalue weighted by Crippen LogP contribution is 2.31. The Kier molecular flexibility index (Phi) is 3.47. The topological polar surface area (TPSA) is 84.1 Å². The smallest absolute Gasteiger partial charge is 0.133 e. The molecule has 0 bridgehead atoms. The largest absolute Gasteiger partial charge is 0.388 e. The molecule has 1 aliphatic rings. The van der Waals surface area contributed by atoms with E-state index in [9.17, 15) is 5.11 Å². The summed E-state index contributed by atoms with van der Waals surface area (Å²) in [5, 5.41) is 13.1. The monoisotopic (exact) mass is 236 g/mol. The van der Waals surface area contributed by atoms with Gasteiger partial charge in [-0.15, -0.1) is 0 Å². The fourth-order valence-corrected chi connectivity index (χ4v) is 1.96. The zero-order chi connectivity index (χ0) is 12.3. The molecule has 0 radical (unpaired) electrons. The van der Waals surface area contributed by atoms with Crippen LogP contribution in [0.4, 0.5) is 11.6 Å². The quantitative estimate of drug-likeness (QED) is 0.718. The molecule has 0 atom stereocenters. The molecule has 0 spiro atoms. The minimum absolute atomic E-state index is 0.478. The van der Waals surface area contributed by atoms with Crippen molar-refractivity contribution in [3.63, 3.8) is 0 Å². The number of nitrogens with two attached hydrogens (primary N) is 1. The van der Waals surface area contributed by atoms with Crippen molar-refractivity contribution in [1.29, 1.82) is 0 Å². The van der Waals surface area contributed by atoms with Gasteiger partial charge < -0.3 is 16.2 Å². The maximum absolute atomic E-state index is 9.98. The number of hydrogen-bond donors (Lipinski definition) is 3. The fraction of sp³-hybridized carbons (Fsp3) is 0.667. The van der Waals surface area contributed by atoms with Gasteiger partial charge in [0.1, 0.15) is 17.5 Å². The van der Waals surface area contributed by atoms with Crippen molar-refractivity contribution in [1.82, 2.24) is 9.97 Å². The number of nitrogens with one attached hydrogen (secondary N) is 1. The molecule has 2 rings (SSSR count). The Morgan fingerprint density at radius 3 is 2.82 bits per heavy atom. The highest BCUT2D eigenvalue weighted by Gasteiger charge is 2.34. The summed E-state index contributed by atoms with van der Waals surface area (Å²) in [5.41, 5.74) is 5.17. The molecule has 1 saturated carbocycles. The molecule has 1 fully saturated rings. The molecule has 0 amide bonds. The predicted octanol–water partition coefficient (Wildman–Crippen LogP) is 1.34. The Morgan fingerprint density at radius 1 is 1.47 bits per heavy atom. The van der Waals surface area contributed by atoms with Crippen molar-refractivity contribution in [2.75, 3.05) is 17.6 Å². The van der Waals surface area contributed by atoms with Crippen LogP contribution in [0, 0.1) is 0 Å². The van der Waals surface area contributed by atoms with Crippen LogP contribution < -0.4 is 11.1 Å². The van der Waals surface area contributed by atoms with Crippen LogP contribution >= 0.6 is 0 Å². The number of rotatable bonds is 5. The molecule has 1 heterocycles. The number of aliphatic hydroxyl groups is 1. The molecule has 5 nitrogen and oxygen atoms in total. The molecule has 1 aliphatic carbocycles. The maximum atomic E-state index is 9.98. The molecule has 4 N–H and O–H groups in total. The van der Waals surface area contributed by atoms with Crippen molar-refractivity contribution in [2.45, 2.75) is 44.6 Å². The molecular weight excluding hydrogens is 216 g/mol. The molecule has 1 aromatic heterocycles. The predicted molar refractivity (Wildman–Crippen MR) is 67.7 cm³/mol. The lowest BCUT2D eigenvalue weighted by atomic mass is 9.80. The average molecular weight is 236 g/mol. The second-order valence-electron chi connectivity index (χ2n) is 4.78. The van der Waals surface area contributed by atoms with E-state index in [2.05, 4.69) is 22.2 Å². The number of nitrogen functional groups attached to an aromatic ring is 1. The third kappa shape index (κ3) is 3.06. The first kappa shape index (κ1) is 12.1. The van der Waals surface area contributed by atoms with Crippen LogP contribution in [0.5, 0.6) is 0 Å². The second kappa shape index (κ2) is 4.87. The molecule has 0 aromatic carbocycles. The number of aromatic nitrogens is 2. The highest BCUT2D eigenvalue weighted by molar-refractivity contribution is 5.45. The number of hydrogen-bond acceptors (Lipinski definition) is 5. The van der Waals surface area contributed by atoms with Gasteiger partial charge in [-0.2, -0.15) is 0 Å². The van der Waals surface area contributed by atoms with Crippen LogP contribution in [0.3, 0.4) is 0 Å². The summed E-state index contributed by atoms with van der Waals surface area (Å²) in [7, 11) is 0. The van der Waals surface area contributed by atoms with Gasteiger partial charge in [-0.3, -0.25) is 0 Å². The SMILES string of the molecule is CCCc1nc(N)cc(NCC2(O)CCC2)n1. The van der Waals surface area contributed by atoms with Gasteiger partial charge in [0.15, 0.2) is 0 Å². The van der Waals surface area contributed by atoms with Gasteiger partial charge in [0.05, 0.1) is 5.60 Å². The van der Waals surface area contributed by atoms with Crippen LogP contribution in [-0.4, -0.2) is 27.2 Å². The summed E-state index contributed by atoms with van der Waals surface area (Å²) < 4.78 is 0. The Bertz CT molecular complexity index is 390. The second-order valence-corrected chi connectivity index (χ2v) is 4.78. The van der Waals surface area contributed by atoms with E-state index in [1.54, 1.807) is 6.07 Å². The summed E-state index contributed by atoms with van der Waals surface area (Å²) in [6, 6.07) is 1.71. The Balaban J connectivity index is 1.99. The Labute approximate surface area is 101 Å². The lowest BCUT2D eigenvalue weighted by Gasteiger charge is -2.36. The van der Waals surface area contributed by atoms with Crippen LogP contribution in [-0.2, 0) is 6.42 Å². The van der Waals surface area contributed by atoms with E-state index in [1.165, 1.54) is 0 Å². The van der Waals surface area contributed by atoms with Gasteiger partial charge in [-0.25, -0.2) is 9.97 Å². The maximum Gasteiger partial charge on any atom is 0.133 e. The average Bonchev–Trinajstić information content (AvgIpc) is 2.23. The third-order valence-corrected chi connectivity index (χ3v) is 3.15. The van der Waals surface area contributed by atoms with E-state index in [4.69, 9.17) is 5.73 Å². The van der Waals surface area contributed by atoms with Crippen LogP contribution in [0.2, 0.25) is 0 Å². The fourth-order valence-electron chi connectivity index (χ4n) is 1.96. The lowest BCUT2D eigenvalue weighted by Crippen LogP contribution is -2.43. The van der Waals surface area contributed by atoms with E-state index < -0.39 is 5.60 Å². The number of nitrogens with zero attached hydrogens (tertiary/aromatic N) is 2. The Hall–Kier alpha value is -1.36. The molecule has 5 heteroatoms. The minimum Gasteiger partial charge on any atom is -0.388 e. The number of aryl methyl sites for hydroxylation is 1. The zero-order valence-corrected chi connectivity index (χ0v) is 10.2. The van der Waals surface area contributed by atoms with Crippen molar-refractivity contribution in [2.24, 2.45) is 0 Å². The molecule has 94 valence electrons. The van der Waals surface area contributed by atoms with E-state index in [1.807, 2.05) is 0 Å². The van der Waals surface area contributed by atoms with Crippen LogP contribution in [0.25, 0.3) is 0 Å². The van der Waals surface area contributed by atoms with Gasteiger partial charge in [0, 0.05) is 19.0 Å². The zero-order valence-electron chi connectivity index (χ0n) is 10.2. The summed E-state index contributed by atoms with van der Waals surface area (Å²) in [6.07, 6.45) is 4.65. The lowest BCUT2D eigenvalue weighted by molar-refractivity contribution is -0.0202. The van der Waals surface area contributed by atoms with Crippen molar-refractivity contribution in [3.8, 4) is 0 Å². The summed E-state index contributed by atoms with van der Waals surface area (Å²) in [4.78, 5) is 8.54. The summed E-state index contributed by atoms with van der Waals surface area (Å²) >= 11 is 0. The van der Waals surface area contributed by atoms with Gasteiger partial charge in [-0.1, -0.05) is 6.92 Å². The van der Waals surface area contributed by atoms with Crippen molar-refractivity contribution < 1.29 is 5.11 Å². The van der Waals surface area contributed by atoms with Gasteiger partial charge >= 0.3 is 0 Å². The van der Waals surface area contributed by atoms with Gasteiger partial charge in [0.2, 0.25) is 0 Å². The van der Waals surface area contributed by atoms with Crippen molar-refractivity contribution >= 4 is 11.6 Å². The first-order chi connectivity index (χ1) is 8.11.